The summed E-state index contributed by atoms with van der Waals surface area (Å²) in [5.74, 6) is 0.00617. The lowest BCUT2D eigenvalue weighted by molar-refractivity contribution is -0.136. The second-order valence-electron chi connectivity index (χ2n) is 7.14. The Hall–Kier alpha value is -1.59. The molecular formula is C20H26ClN3O5S2. The number of thioether (sulfide) groups is 2. The molecule has 0 saturated carbocycles. The molecule has 0 bridgehead atoms. The summed E-state index contributed by atoms with van der Waals surface area (Å²) in [7, 11) is 1.59. The SMILES string of the molecule is COc1ccc(CN2CCO[C@@H](CNC(=O)CSC3NC(CC(=O)O)=CS3)C2)cc1Cl. The summed E-state index contributed by atoms with van der Waals surface area (Å²) in [6, 6.07) is 5.78. The Morgan fingerprint density at radius 3 is 3.06 bits per heavy atom. The summed E-state index contributed by atoms with van der Waals surface area (Å²) >= 11 is 9.13. The number of nitrogens with one attached hydrogen (secondary N) is 2. The normalized spacial score (nSPS) is 21.3. The number of rotatable bonds is 10. The molecule has 1 fully saturated rings. The fourth-order valence-corrected chi connectivity index (χ4v) is 5.51. The number of aliphatic carboxylic acids is 1. The maximum Gasteiger partial charge on any atom is 0.309 e. The Morgan fingerprint density at radius 1 is 1.48 bits per heavy atom. The summed E-state index contributed by atoms with van der Waals surface area (Å²) < 4.78 is 10.9. The molecule has 1 unspecified atom stereocenters. The molecular weight excluding hydrogens is 462 g/mol. The molecule has 170 valence electrons. The number of halogens is 1. The topological polar surface area (TPSA) is 100 Å². The van der Waals surface area contributed by atoms with Crippen LogP contribution >= 0.6 is 35.1 Å². The number of amides is 1. The van der Waals surface area contributed by atoms with Gasteiger partial charge in [-0.15, -0.1) is 11.8 Å². The van der Waals surface area contributed by atoms with E-state index in [-0.39, 0.29) is 23.1 Å². The van der Waals surface area contributed by atoms with Gasteiger partial charge in [-0.2, -0.15) is 0 Å². The molecule has 1 amide bonds. The third-order valence-corrected chi connectivity index (χ3v) is 7.39. The predicted octanol–water partition coefficient (Wildman–Crippen LogP) is 2.33. The zero-order chi connectivity index (χ0) is 22.2. The summed E-state index contributed by atoms with van der Waals surface area (Å²) in [5, 5.41) is 17.2. The van der Waals surface area contributed by atoms with Gasteiger partial charge in [0.05, 0.1) is 37.0 Å². The third kappa shape index (κ3) is 7.80. The predicted molar refractivity (Wildman–Crippen MR) is 123 cm³/mol. The highest BCUT2D eigenvalue weighted by molar-refractivity contribution is 8.18. The first-order valence-corrected chi connectivity index (χ1v) is 12.2. The first-order valence-electron chi connectivity index (χ1n) is 9.80. The summed E-state index contributed by atoms with van der Waals surface area (Å²) in [5.41, 5.74) is 1.77. The number of carboxylic acids is 1. The van der Waals surface area contributed by atoms with E-state index in [0.717, 1.165) is 25.2 Å². The van der Waals surface area contributed by atoms with Crippen LogP contribution in [-0.4, -0.2) is 71.8 Å². The van der Waals surface area contributed by atoms with Crippen molar-refractivity contribution in [3.05, 3.63) is 39.9 Å². The van der Waals surface area contributed by atoms with Gasteiger partial charge in [-0.3, -0.25) is 14.5 Å². The van der Waals surface area contributed by atoms with Gasteiger partial charge in [0.1, 0.15) is 10.5 Å². The number of carboxylic acid groups (broad SMARTS) is 1. The quantitative estimate of drug-likeness (QED) is 0.459. The number of benzene rings is 1. The van der Waals surface area contributed by atoms with Crippen LogP contribution in [0.25, 0.3) is 0 Å². The van der Waals surface area contributed by atoms with Gasteiger partial charge in [-0.05, 0) is 23.1 Å². The van der Waals surface area contributed by atoms with Crippen molar-refractivity contribution in [2.45, 2.75) is 23.8 Å². The second-order valence-corrected chi connectivity index (χ2v) is 9.92. The monoisotopic (exact) mass is 487 g/mol. The number of carbonyl (C=O) groups is 2. The van der Waals surface area contributed by atoms with Crippen molar-refractivity contribution >= 4 is 47.0 Å². The van der Waals surface area contributed by atoms with Gasteiger partial charge in [0.25, 0.3) is 0 Å². The molecule has 11 heteroatoms. The van der Waals surface area contributed by atoms with Gasteiger partial charge in [0.15, 0.2) is 0 Å². The lowest BCUT2D eigenvalue weighted by Gasteiger charge is -2.33. The maximum absolute atomic E-state index is 12.2. The van der Waals surface area contributed by atoms with Crippen LogP contribution in [0.2, 0.25) is 5.02 Å². The van der Waals surface area contributed by atoms with Crippen LogP contribution in [0.15, 0.2) is 29.3 Å². The van der Waals surface area contributed by atoms with Gasteiger partial charge in [0, 0.05) is 31.9 Å². The van der Waals surface area contributed by atoms with E-state index in [4.69, 9.17) is 26.2 Å². The highest BCUT2D eigenvalue weighted by atomic mass is 35.5. The van der Waals surface area contributed by atoms with Crippen molar-refractivity contribution in [3.8, 4) is 5.75 Å². The van der Waals surface area contributed by atoms with Crippen molar-refractivity contribution in [2.75, 3.05) is 39.1 Å². The van der Waals surface area contributed by atoms with E-state index in [1.54, 1.807) is 12.5 Å². The number of carbonyl (C=O) groups excluding carboxylic acids is 1. The van der Waals surface area contributed by atoms with E-state index in [9.17, 15) is 9.59 Å². The largest absolute Gasteiger partial charge is 0.495 e. The van der Waals surface area contributed by atoms with E-state index in [1.165, 1.54) is 23.5 Å². The molecule has 3 N–H and O–H groups in total. The van der Waals surface area contributed by atoms with E-state index in [2.05, 4.69) is 15.5 Å². The molecule has 2 atom stereocenters. The van der Waals surface area contributed by atoms with E-state index in [0.29, 0.717) is 35.4 Å². The third-order valence-electron chi connectivity index (χ3n) is 4.72. The van der Waals surface area contributed by atoms with E-state index < -0.39 is 5.97 Å². The minimum absolute atomic E-state index is 0.0332. The Labute approximate surface area is 195 Å². The van der Waals surface area contributed by atoms with E-state index in [1.807, 2.05) is 18.2 Å². The van der Waals surface area contributed by atoms with Gasteiger partial charge in [-0.25, -0.2) is 0 Å². The first kappa shape index (κ1) is 24.1. The van der Waals surface area contributed by atoms with Gasteiger partial charge >= 0.3 is 5.97 Å². The number of ether oxygens (including phenoxy) is 2. The number of hydrogen-bond acceptors (Lipinski definition) is 8. The van der Waals surface area contributed by atoms with E-state index >= 15 is 0 Å². The lowest BCUT2D eigenvalue weighted by atomic mass is 10.1. The Morgan fingerprint density at radius 2 is 2.32 bits per heavy atom. The Bertz CT molecular complexity index is 826. The second kappa shape index (κ2) is 11.9. The molecule has 3 rings (SSSR count). The zero-order valence-corrected chi connectivity index (χ0v) is 19.5. The fourth-order valence-electron chi connectivity index (χ4n) is 3.24. The van der Waals surface area contributed by atoms with Crippen molar-refractivity contribution in [1.82, 2.24) is 15.5 Å². The van der Waals surface area contributed by atoms with Crippen LogP contribution < -0.4 is 15.4 Å². The molecule has 1 aromatic carbocycles. The molecule has 31 heavy (non-hydrogen) atoms. The summed E-state index contributed by atoms with van der Waals surface area (Å²) in [6.45, 7) is 3.36. The van der Waals surface area contributed by atoms with Crippen molar-refractivity contribution in [2.24, 2.45) is 0 Å². The minimum Gasteiger partial charge on any atom is -0.495 e. The maximum atomic E-state index is 12.2. The van der Waals surface area contributed by atoms with Gasteiger partial charge in [-0.1, -0.05) is 29.4 Å². The van der Waals surface area contributed by atoms with Crippen LogP contribution in [0.4, 0.5) is 0 Å². The molecule has 2 aliphatic heterocycles. The molecule has 1 aromatic rings. The van der Waals surface area contributed by atoms with Crippen LogP contribution in [0, 0.1) is 0 Å². The number of methoxy groups -OCH3 is 1. The smallest absolute Gasteiger partial charge is 0.309 e. The minimum atomic E-state index is -0.876. The number of nitrogens with zero attached hydrogens (tertiary/aromatic N) is 1. The van der Waals surface area contributed by atoms with Crippen LogP contribution in [0.1, 0.15) is 12.0 Å². The molecule has 0 radical (unpaired) electrons. The highest BCUT2D eigenvalue weighted by Gasteiger charge is 2.23. The van der Waals surface area contributed by atoms with Crippen LogP contribution in [0.5, 0.6) is 5.75 Å². The van der Waals surface area contributed by atoms with Crippen molar-refractivity contribution in [3.63, 3.8) is 0 Å². The fraction of sp³-hybridized carbons (Fsp3) is 0.500. The lowest BCUT2D eigenvalue weighted by Crippen LogP contribution is -2.47. The Kier molecular flexibility index (Phi) is 9.21. The van der Waals surface area contributed by atoms with Crippen molar-refractivity contribution in [1.29, 1.82) is 0 Å². The van der Waals surface area contributed by atoms with Gasteiger partial charge < -0.3 is 25.2 Å². The molecule has 8 nitrogen and oxygen atoms in total. The molecule has 0 aromatic heterocycles. The standard InChI is InChI=1S/C20H26ClN3O5S2/c1-28-17-3-2-13(6-16(17)21)9-24-4-5-29-15(10-24)8-22-18(25)12-31-20-23-14(11-30-20)7-19(26)27/h2-3,6,11,15,20,23H,4-5,7-10,12H2,1H3,(H,22,25)(H,26,27)/t15-,20?/m0/s1. The zero-order valence-electron chi connectivity index (χ0n) is 17.1. The average Bonchev–Trinajstić information content (AvgIpc) is 3.18. The number of morpholine rings is 1. The molecule has 1 saturated heterocycles. The molecule has 0 aliphatic carbocycles. The Balaban J connectivity index is 1.35. The molecule has 2 heterocycles. The summed E-state index contributed by atoms with van der Waals surface area (Å²) in [4.78, 5) is 25.2. The highest BCUT2D eigenvalue weighted by Crippen LogP contribution is 2.30. The summed E-state index contributed by atoms with van der Waals surface area (Å²) in [6.07, 6.45) is -0.103. The van der Waals surface area contributed by atoms with Crippen molar-refractivity contribution < 1.29 is 24.2 Å². The molecule has 2 aliphatic rings. The average molecular weight is 488 g/mol. The molecule has 0 spiro atoms. The van der Waals surface area contributed by atoms with Gasteiger partial charge in [0.2, 0.25) is 5.91 Å². The van der Waals surface area contributed by atoms with Crippen LogP contribution in [-0.2, 0) is 20.9 Å². The number of hydrogen-bond donors (Lipinski definition) is 3. The first-order chi connectivity index (χ1) is 14.9. The van der Waals surface area contributed by atoms with Crippen LogP contribution in [0.3, 0.4) is 0 Å².